The maximum atomic E-state index is 12.3. The number of hydrogen-bond acceptors (Lipinski definition) is 3. The Morgan fingerprint density at radius 3 is 2.70 bits per heavy atom. The number of halogens is 1. The van der Waals surface area contributed by atoms with Crippen LogP contribution < -0.4 is 5.32 Å². The van der Waals surface area contributed by atoms with Gasteiger partial charge in [0.25, 0.3) is 5.91 Å². The molecule has 98 valence electrons. The number of fused-ring (bicyclic) bond motifs is 1. The van der Waals surface area contributed by atoms with Crippen LogP contribution in [0.3, 0.4) is 0 Å². The van der Waals surface area contributed by atoms with Crippen molar-refractivity contribution in [2.45, 2.75) is 0 Å². The van der Waals surface area contributed by atoms with Gasteiger partial charge >= 0.3 is 0 Å². The molecule has 0 radical (unpaired) electrons. The van der Waals surface area contributed by atoms with E-state index in [1.165, 1.54) is 6.20 Å². The number of nitrogens with one attached hydrogen (secondary N) is 1. The second kappa shape index (κ2) is 5.27. The highest BCUT2D eigenvalue weighted by atomic mass is 35.5. The van der Waals surface area contributed by atoms with Crippen LogP contribution in [0.15, 0.2) is 54.9 Å². The molecule has 0 aliphatic heterocycles. The minimum Gasteiger partial charge on any atom is -0.305 e. The molecule has 3 rings (SSSR count). The van der Waals surface area contributed by atoms with Gasteiger partial charge in [0, 0.05) is 22.8 Å². The lowest BCUT2D eigenvalue weighted by Gasteiger charge is -2.06. The molecule has 4 nitrogen and oxygen atoms in total. The summed E-state index contributed by atoms with van der Waals surface area (Å²) in [4.78, 5) is 20.5. The first-order valence-electron chi connectivity index (χ1n) is 6.01. The van der Waals surface area contributed by atoms with E-state index in [0.717, 1.165) is 10.8 Å². The van der Waals surface area contributed by atoms with Gasteiger partial charge in [-0.2, -0.15) is 0 Å². The highest BCUT2D eigenvalue weighted by Gasteiger charge is 2.12. The summed E-state index contributed by atoms with van der Waals surface area (Å²) in [7, 11) is 0. The zero-order valence-corrected chi connectivity index (χ0v) is 11.1. The number of carbonyl (C=O) groups is 1. The summed E-state index contributed by atoms with van der Waals surface area (Å²) in [6.07, 6.45) is 3.15. The van der Waals surface area contributed by atoms with Crippen LogP contribution in [0.25, 0.3) is 10.8 Å². The molecule has 0 aliphatic rings. The van der Waals surface area contributed by atoms with E-state index in [-0.39, 0.29) is 5.91 Å². The van der Waals surface area contributed by atoms with Crippen LogP contribution in [-0.2, 0) is 0 Å². The van der Waals surface area contributed by atoms with Gasteiger partial charge in [-0.25, -0.2) is 4.98 Å². The number of aromatic nitrogens is 2. The average molecular weight is 284 g/mol. The number of hydrogen-bond donors (Lipinski definition) is 1. The molecule has 20 heavy (non-hydrogen) atoms. The molecule has 0 fully saturated rings. The molecular formula is C15H10ClN3O. The molecule has 2 aromatic heterocycles. The van der Waals surface area contributed by atoms with E-state index in [9.17, 15) is 4.79 Å². The fourth-order valence-corrected chi connectivity index (χ4v) is 2.11. The van der Waals surface area contributed by atoms with E-state index in [4.69, 9.17) is 11.6 Å². The van der Waals surface area contributed by atoms with Crippen molar-refractivity contribution in [2.24, 2.45) is 0 Å². The van der Waals surface area contributed by atoms with E-state index in [2.05, 4.69) is 15.3 Å². The minimum absolute atomic E-state index is 0.309. The summed E-state index contributed by atoms with van der Waals surface area (Å²) in [5.41, 5.74) is 0.366. The van der Waals surface area contributed by atoms with Crippen LogP contribution >= 0.6 is 11.6 Å². The van der Waals surface area contributed by atoms with Crippen molar-refractivity contribution in [2.75, 3.05) is 5.32 Å². The molecule has 1 N–H and O–H groups in total. The van der Waals surface area contributed by atoms with Crippen molar-refractivity contribution in [3.8, 4) is 0 Å². The van der Waals surface area contributed by atoms with Gasteiger partial charge in [0.05, 0.1) is 0 Å². The van der Waals surface area contributed by atoms with Gasteiger partial charge in [-0.3, -0.25) is 9.78 Å². The van der Waals surface area contributed by atoms with Gasteiger partial charge in [-0.1, -0.05) is 35.9 Å². The van der Waals surface area contributed by atoms with Crippen molar-refractivity contribution < 1.29 is 4.79 Å². The maximum Gasteiger partial charge on any atom is 0.276 e. The molecule has 0 spiro atoms. The molecular weight excluding hydrogens is 274 g/mol. The van der Waals surface area contributed by atoms with Crippen LogP contribution in [0.2, 0.25) is 5.02 Å². The Bertz CT molecular complexity index is 783. The summed E-state index contributed by atoms with van der Waals surface area (Å²) < 4.78 is 0. The van der Waals surface area contributed by atoms with Gasteiger partial charge in [-0.05, 0) is 23.6 Å². The van der Waals surface area contributed by atoms with Crippen molar-refractivity contribution >= 4 is 34.1 Å². The minimum atomic E-state index is -0.309. The predicted octanol–water partition coefficient (Wildman–Crippen LogP) is 3.54. The Hall–Kier alpha value is -2.46. The number of rotatable bonds is 2. The summed E-state index contributed by atoms with van der Waals surface area (Å²) in [5.74, 6) is 0.0915. The van der Waals surface area contributed by atoms with Crippen LogP contribution in [0.1, 0.15) is 10.5 Å². The second-order valence-electron chi connectivity index (χ2n) is 4.19. The number of amides is 1. The lowest BCUT2D eigenvalue weighted by Crippen LogP contribution is -2.14. The SMILES string of the molecule is O=C(Nc1cc(Cl)ccn1)c1nccc2ccccc12. The Labute approximate surface area is 120 Å². The van der Waals surface area contributed by atoms with Crippen molar-refractivity contribution in [3.05, 3.63) is 65.6 Å². The largest absolute Gasteiger partial charge is 0.305 e. The molecule has 0 bridgehead atoms. The lowest BCUT2D eigenvalue weighted by molar-refractivity contribution is 0.102. The van der Waals surface area contributed by atoms with Crippen molar-refractivity contribution in [1.29, 1.82) is 0 Å². The van der Waals surface area contributed by atoms with Crippen LogP contribution in [0, 0.1) is 0 Å². The van der Waals surface area contributed by atoms with Gasteiger partial charge in [-0.15, -0.1) is 0 Å². The molecule has 1 amide bonds. The Balaban J connectivity index is 1.97. The summed E-state index contributed by atoms with van der Waals surface area (Å²) in [6, 6.07) is 12.7. The predicted molar refractivity (Wildman–Crippen MR) is 78.9 cm³/mol. The number of anilines is 1. The topological polar surface area (TPSA) is 54.9 Å². The zero-order valence-electron chi connectivity index (χ0n) is 10.4. The van der Waals surface area contributed by atoms with Gasteiger partial charge in [0.15, 0.2) is 0 Å². The van der Waals surface area contributed by atoms with Gasteiger partial charge in [0.2, 0.25) is 0 Å². The number of benzene rings is 1. The second-order valence-corrected chi connectivity index (χ2v) is 4.63. The lowest BCUT2D eigenvalue weighted by atomic mass is 10.1. The first-order chi connectivity index (χ1) is 9.74. The first-order valence-corrected chi connectivity index (χ1v) is 6.38. The van der Waals surface area contributed by atoms with Crippen molar-refractivity contribution in [1.82, 2.24) is 9.97 Å². The molecule has 0 saturated heterocycles. The van der Waals surface area contributed by atoms with E-state index in [0.29, 0.717) is 16.5 Å². The fourth-order valence-electron chi connectivity index (χ4n) is 1.95. The quantitative estimate of drug-likeness (QED) is 0.783. The molecule has 0 unspecified atom stereocenters. The molecule has 0 aliphatic carbocycles. The van der Waals surface area contributed by atoms with Crippen LogP contribution in [0.5, 0.6) is 0 Å². The standard InChI is InChI=1S/C15H10ClN3O/c16-11-6-8-17-13(9-11)19-15(20)14-12-4-2-1-3-10(12)5-7-18-14/h1-9H,(H,17,19,20). The molecule has 0 saturated carbocycles. The average Bonchev–Trinajstić information content (AvgIpc) is 2.46. The van der Waals surface area contributed by atoms with E-state index < -0.39 is 0 Å². The highest BCUT2D eigenvalue weighted by molar-refractivity contribution is 6.30. The molecule has 5 heteroatoms. The van der Waals surface area contributed by atoms with E-state index in [1.54, 1.807) is 18.3 Å². The molecule has 1 aromatic carbocycles. The number of pyridine rings is 2. The number of carbonyl (C=O) groups excluding carboxylic acids is 1. The highest BCUT2D eigenvalue weighted by Crippen LogP contribution is 2.18. The maximum absolute atomic E-state index is 12.3. The first kappa shape index (κ1) is 12.6. The monoisotopic (exact) mass is 283 g/mol. The zero-order chi connectivity index (χ0) is 13.9. The smallest absolute Gasteiger partial charge is 0.276 e. The number of nitrogens with zero attached hydrogens (tertiary/aromatic N) is 2. The van der Waals surface area contributed by atoms with Crippen LogP contribution in [0.4, 0.5) is 5.82 Å². The third kappa shape index (κ3) is 2.46. The van der Waals surface area contributed by atoms with E-state index >= 15 is 0 Å². The van der Waals surface area contributed by atoms with Crippen LogP contribution in [-0.4, -0.2) is 15.9 Å². The Morgan fingerprint density at radius 2 is 1.85 bits per heavy atom. The fraction of sp³-hybridized carbons (Fsp3) is 0. The van der Waals surface area contributed by atoms with E-state index in [1.807, 2.05) is 30.3 Å². The normalized spacial score (nSPS) is 10.4. The van der Waals surface area contributed by atoms with Crippen molar-refractivity contribution in [3.63, 3.8) is 0 Å². The third-order valence-electron chi connectivity index (χ3n) is 2.85. The Morgan fingerprint density at radius 1 is 1.05 bits per heavy atom. The summed E-state index contributed by atoms with van der Waals surface area (Å²) in [5, 5.41) is 4.97. The molecule has 2 heterocycles. The summed E-state index contributed by atoms with van der Waals surface area (Å²) in [6.45, 7) is 0. The summed E-state index contributed by atoms with van der Waals surface area (Å²) >= 11 is 5.86. The molecule has 3 aromatic rings. The molecule has 0 atom stereocenters. The third-order valence-corrected chi connectivity index (χ3v) is 3.09. The van der Waals surface area contributed by atoms with Gasteiger partial charge in [0.1, 0.15) is 11.5 Å². The Kier molecular flexibility index (Phi) is 3.31. The van der Waals surface area contributed by atoms with Gasteiger partial charge < -0.3 is 5.32 Å².